The molecule has 0 spiro atoms. The van der Waals surface area contributed by atoms with Crippen LogP contribution in [0.15, 0.2) is 24.3 Å². The summed E-state index contributed by atoms with van der Waals surface area (Å²) in [5.41, 5.74) is 6.33. The second-order valence-corrected chi connectivity index (χ2v) is 3.92. The van der Waals surface area contributed by atoms with Crippen molar-refractivity contribution >= 4 is 24.0 Å². The number of rotatable bonds is 7. The average Bonchev–Trinajstić information content (AvgIpc) is 2.37. The number of hydrogen-bond donors (Lipinski definition) is 2. The van der Waals surface area contributed by atoms with Gasteiger partial charge in [0.25, 0.3) is 5.69 Å². The molecule has 0 heterocycles. The number of amides is 1. The minimum atomic E-state index is -0.432. The normalized spacial score (nSPS) is 9.53. The van der Waals surface area contributed by atoms with Crippen LogP contribution in [0.5, 0.6) is 0 Å². The highest BCUT2D eigenvalue weighted by atomic mass is 35.5. The minimum Gasteiger partial charge on any atom is -0.356 e. The fourth-order valence-electron chi connectivity index (χ4n) is 1.48. The van der Waals surface area contributed by atoms with Crippen molar-refractivity contribution in [1.29, 1.82) is 0 Å². The zero-order chi connectivity index (χ0) is 13.4. The third-order valence-corrected chi connectivity index (χ3v) is 2.49. The lowest BCUT2D eigenvalue weighted by molar-refractivity contribution is -0.384. The molecule has 1 aromatic rings. The van der Waals surface area contributed by atoms with Crippen LogP contribution in [0.4, 0.5) is 5.69 Å². The molecule has 0 aliphatic rings. The highest BCUT2D eigenvalue weighted by Crippen LogP contribution is 2.11. The Bertz CT molecular complexity index is 409. The summed E-state index contributed by atoms with van der Waals surface area (Å²) in [5.74, 6) is -0.0117. The molecule has 0 radical (unpaired) electrons. The molecule has 1 amide bonds. The van der Waals surface area contributed by atoms with Gasteiger partial charge in [-0.05, 0) is 24.9 Å². The lowest BCUT2D eigenvalue weighted by Gasteiger charge is -2.04. The van der Waals surface area contributed by atoms with Gasteiger partial charge in [0.1, 0.15) is 0 Å². The standard InChI is InChI=1S/C12H17N3O3.ClH/c13-8-1-2-12(16)14-9-7-10-3-5-11(6-4-10)15(17)18;/h3-6H,1-2,7-9,13H2,(H,14,16);1H. The Morgan fingerprint density at radius 1 is 1.32 bits per heavy atom. The first-order valence-corrected chi connectivity index (χ1v) is 5.83. The summed E-state index contributed by atoms with van der Waals surface area (Å²) in [5, 5.41) is 13.2. The first kappa shape index (κ1) is 17.3. The fraction of sp³-hybridized carbons (Fsp3) is 0.417. The number of halogens is 1. The lowest BCUT2D eigenvalue weighted by Crippen LogP contribution is -2.25. The number of nitrogens with one attached hydrogen (secondary N) is 1. The summed E-state index contributed by atoms with van der Waals surface area (Å²) in [6, 6.07) is 6.32. The van der Waals surface area contributed by atoms with Gasteiger partial charge in [-0.25, -0.2) is 0 Å². The molecule has 0 aliphatic heterocycles. The molecule has 0 bridgehead atoms. The van der Waals surface area contributed by atoms with Crippen molar-refractivity contribution in [2.45, 2.75) is 19.3 Å². The molecule has 106 valence electrons. The SMILES string of the molecule is Cl.NCCCC(=O)NCCc1ccc([N+](=O)[O-])cc1. The maximum atomic E-state index is 11.3. The van der Waals surface area contributed by atoms with Crippen LogP contribution in [0, 0.1) is 10.1 Å². The fourth-order valence-corrected chi connectivity index (χ4v) is 1.48. The monoisotopic (exact) mass is 287 g/mol. The summed E-state index contributed by atoms with van der Waals surface area (Å²) >= 11 is 0. The Morgan fingerprint density at radius 3 is 2.47 bits per heavy atom. The van der Waals surface area contributed by atoms with Crippen LogP contribution in [0.25, 0.3) is 0 Å². The molecule has 0 saturated carbocycles. The summed E-state index contributed by atoms with van der Waals surface area (Å²) in [6.07, 6.45) is 1.78. The van der Waals surface area contributed by atoms with E-state index in [1.54, 1.807) is 12.1 Å². The van der Waals surface area contributed by atoms with Gasteiger partial charge in [-0.3, -0.25) is 14.9 Å². The molecule has 0 aromatic heterocycles. The number of hydrogen-bond acceptors (Lipinski definition) is 4. The van der Waals surface area contributed by atoms with Crippen molar-refractivity contribution in [2.75, 3.05) is 13.1 Å². The Kier molecular flexibility index (Phi) is 8.48. The van der Waals surface area contributed by atoms with E-state index in [4.69, 9.17) is 5.73 Å². The van der Waals surface area contributed by atoms with Gasteiger partial charge in [0.15, 0.2) is 0 Å². The van der Waals surface area contributed by atoms with E-state index in [0.717, 1.165) is 5.56 Å². The molecule has 0 atom stereocenters. The molecule has 0 saturated heterocycles. The van der Waals surface area contributed by atoms with Gasteiger partial charge in [0.2, 0.25) is 5.91 Å². The predicted octanol–water partition coefficient (Wildman–Crippen LogP) is 1.41. The molecule has 6 nitrogen and oxygen atoms in total. The van der Waals surface area contributed by atoms with E-state index in [1.165, 1.54) is 12.1 Å². The van der Waals surface area contributed by atoms with E-state index in [-0.39, 0.29) is 24.0 Å². The third kappa shape index (κ3) is 6.73. The van der Waals surface area contributed by atoms with Crippen LogP contribution in [0.3, 0.4) is 0 Å². The molecule has 1 rings (SSSR count). The van der Waals surface area contributed by atoms with E-state index in [9.17, 15) is 14.9 Å². The number of benzene rings is 1. The summed E-state index contributed by atoms with van der Waals surface area (Å²) in [6.45, 7) is 1.04. The van der Waals surface area contributed by atoms with Crippen molar-refractivity contribution in [3.05, 3.63) is 39.9 Å². The van der Waals surface area contributed by atoms with Gasteiger partial charge in [-0.15, -0.1) is 12.4 Å². The largest absolute Gasteiger partial charge is 0.356 e. The summed E-state index contributed by atoms with van der Waals surface area (Å²) in [7, 11) is 0. The molecule has 19 heavy (non-hydrogen) atoms. The molecular formula is C12H18ClN3O3. The summed E-state index contributed by atoms with van der Waals surface area (Å²) in [4.78, 5) is 21.3. The lowest BCUT2D eigenvalue weighted by atomic mass is 10.1. The van der Waals surface area contributed by atoms with Crippen molar-refractivity contribution in [2.24, 2.45) is 5.73 Å². The van der Waals surface area contributed by atoms with Crippen molar-refractivity contribution in [3.63, 3.8) is 0 Å². The van der Waals surface area contributed by atoms with Crippen molar-refractivity contribution in [1.82, 2.24) is 5.32 Å². The minimum absolute atomic E-state index is 0. The number of nitro benzene ring substituents is 1. The second kappa shape index (κ2) is 9.29. The first-order valence-electron chi connectivity index (χ1n) is 5.83. The van der Waals surface area contributed by atoms with Crippen LogP contribution in [-0.4, -0.2) is 23.9 Å². The van der Waals surface area contributed by atoms with Gasteiger partial charge in [0.05, 0.1) is 4.92 Å². The molecule has 0 aliphatic carbocycles. The van der Waals surface area contributed by atoms with E-state index in [2.05, 4.69) is 5.32 Å². The van der Waals surface area contributed by atoms with Gasteiger partial charge in [-0.2, -0.15) is 0 Å². The van der Waals surface area contributed by atoms with Crippen molar-refractivity contribution in [3.8, 4) is 0 Å². The predicted molar refractivity (Wildman–Crippen MR) is 75.3 cm³/mol. The zero-order valence-electron chi connectivity index (χ0n) is 10.5. The molecule has 7 heteroatoms. The molecule has 3 N–H and O–H groups in total. The third-order valence-electron chi connectivity index (χ3n) is 2.49. The average molecular weight is 288 g/mol. The summed E-state index contributed by atoms with van der Waals surface area (Å²) < 4.78 is 0. The van der Waals surface area contributed by atoms with E-state index >= 15 is 0 Å². The molecule has 0 unspecified atom stereocenters. The van der Waals surface area contributed by atoms with Crippen molar-refractivity contribution < 1.29 is 9.72 Å². The number of non-ortho nitro benzene ring substituents is 1. The van der Waals surface area contributed by atoms with Crippen LogP contribution in [-0.2, 0) is 11.2 Å². The van der Waals surface area contributed by atoms with Gasteiger partial charge in [0, 0.05) is 25.1 Å². The molecule has 1 aromatic carbocycles. The smallest absolute Gasteiger partial charge is 0.269 e. The first-order chi connectivity index (χ1) is 8.63. The van der Waals surface area contributed by atoms with Gasteiger partial charge >= 0.3 is 0 Å². The topological polar surface area (TPSA) is 98.3 Å². The zero-order valence-corrected chi connectivity index (χ0v) is 11.3. The number of nitrogens with zero attached hydrogens (tertiary/aromatic N) is 1. The molecule has 0 fully saturated rings. The second-order valence-electron chi connectivity index (χ2n) is 3.92. The van der Waals surface area contributed by atoms with Gasteiger partial charge < -0.3 is 11.1 Å². The number of carbonyl (C=O) groups excluding carboxylic acids is 1. The van der Waals surface area contributed by atoms with Gasteiger partial charge in [-0.1, -0.05) is 12.1 Å². The maximum absolute atomic E-state index is 11.3. The number of carbonyl (C=O) groups is 1. The van der Waals surface area contributed by atoms with E-state index in [1.807, 2.05) is 0 Å². The van der Waals surface area contributed by atoms with Crippen LogP contribution >= 0.6 is 12.4 Å². The Labute approximate surface area is 117 Å². The quantitative estimate of drug-likeness (QED) is 0.585. The van der Waals surface area contributed by atoms with Crippen LogP contribution in [0.1, 0.15) is 18.4 Å². The molecular weight excluding hydrogens is 270 g/mol. The highest BCUT2D eigenvalue weighted by molar-refractivity contribution is 5.85. The Hall–Kier alpha value is -1.66. The van der Waals surface area contributed by atoms with Crippen LogP contribution < -0.4 is 11.1 Å². The number of nitro groups is 1. The van der Waals surface area contributed by atoms with E-state index in [0.29, 0.717) is 32.4 Å². The maximum Gasteiger partial charge on any atom is 0.269 e. The van der Waals surface area contributed by atoms with E-state index < -0.39 is 4.92 Å². The Balaban J connectivity index is 0.00000324. The number of nitrogens with two attached hydrogens (primary N) is 1. The highest BCUT2D eigenvalue weighted by Gasteiger charge is 2.04. The Morgan fingerprint density at radius 2 is 1.95 bits per heavy atom. The van der Waals surface area contributed by atoms with Crippen LogP contribution in [0.2, 0.25) is 0 Å².